The van der Waals surface area contributed by atoms with Crippen LogP contribution in [-0.4, -0.2) is 28.0 Å². The summed E-state index contributed by atoms with van der Waals surface area (Å²) in [5.41, 5.74) is 9.70. The number of amides is 1. The summed E-state index contributed by atoms with van der Waals surface area (Å²) in [6.45, 7) is 2.64. The molecule has 1 unspecified atom stereocenters. The quantitative estimate of drug-likeness (QED) is 0.386. The van der Waals surface area contributed by atoms with E-state index >= 15 is 0 Å². The minimum absolute atomic E-state index is 0.146. The van der Waals surface area contributed by atoms with E-state index in [1.807, 2.05) is 37.6 Å². The van der Waals surface area contributed by atoms with Crippen LogP contribution in [0.4, 0.5) is 0 Å². The van der Waals surface area contributed by atoms with Crippen molar-refractivity contribution >= 4 is 5.91 Å². The van der Waals surface area contributed by atoms with Crippen LogP contribution in [0, 0.1) is 0 Å². The summed E-state index contributed by atoms with van der Waals surface area (Å²) in [7, 11) is 0. The van der Waals surface area contributed by atoms with Crippen LogP contribution in [0.2, 0.25) is 0 Å². The molecule has 0 saturated carbocycles. The van der Waals surface area contributed by atoms with Crippen LogP contribution in [0.3, 0.4) is 0 Å². The van der Waals surface area contributed by atoms with Crippen molar-refractivity contribution in [3.8, 4) is 0 Å². The average molecular weight is 439 g/mol. The van der Waals surface area contributed by atoms with Crippen LogP contribution in [0.1, 0.15) is 35.7 Å². The Kier molecular flexibility index (Phi) is 7.01. The van der Waals surface area contributed by atoms with Crippen molar-refractivity contribution in [2.75, 3.05) is 6.54 Å². The van der Waals surface area contributed by atoms with Gasteiger partial charge in [0.05, 0.1) is 18.1 Å². The van der Waals surface area contributed by atoms with Gasteiger partial charge < -0.3 is 15.6 Å². The lowest BCUT2D eigenvalue weighted by Gasteiger charge is -2.37. The molecule has 1 aromatic heterocycles. The Balaban J connectivity index is 1.83. The summed E-state index contributed by atoms with van der Waals surface area (Å²) in [5.74, 6) is -0.146. The lowest BCUT2D eigenvalue weighted by molar-refractivity contribution is -0.122. The van der Waals surface area contributed by atoms with Gasteiger partial charge in [-0.15, -0.1) is 0 Å². The maximum Gasteiger partial charge on any atom is 0.237 e. The van der Waals surface area contributed by atoms with Gasteiger partial charge in [-0.25, -0.2) is 4.98 Å². The summed E-state index contributed by atoms with van der Waals surface area (Å²) in [4.78, 5) is 17.0. The molecule has 0 fully saturated rings. The van der Waals surface area contributed by atoms with E-state index in [0.717, 1.165) is 28.8 Å². The van der Waals surface area contributed by atoms with Gasteiger partial charge in [-0.1, -0.05) is 97.9 Å². The zero-order valence-electron chi connectivity index (χ0n) is 18.9. The predicted octanol–water partition coefficient (Wildman–Crippen LogP) is 4.12. The van der Waals surface area contributed by atoms with Gasteiger partial charge in [0.25, 0.3) is 0 Å². The topological polar surface area (TPSA) is 72.9 Å². The number of aromatic nitrogens is 2. The van der Waals surface area contributed by atoms with Crippen molar-refractivity contribution in [2.24, 2.45) is 5.73 Å². The highest BCUT2D eigenvalue weighted by Gasteiger charge is 2.38. The zero-order valence-corrected chi connectivity index (χ0v) is 18.9. The van der Waals surface area contributed by atoms with Crippen LogP contribution in [0.5, 0.6) is 0 Å². The predicted molar refractivity (Wildman–Crippen MR) is 132 cm³/mol. The van der Waals surface area contributed by atoms with Crippen LogP contribution >= 0.6 is 0 Å². The van der Waals surface area contributed by atoms with E-state index in [-0.39, 0.29) is 5.91 Å². The standard InChI is InChI=1S/C28H30N4O/c1-2-18-30-27(33)26(29)19-25-20-32(21-31-25)28(22-12-6-3-7-13-22,23-14-8-4-9-15-23)24-16-10-5-11-17-24/h3-17,20-21,26H,2,18-19,29H2,1H3,(H,30,33). The molecule has 1 atom stereocenters. The lowest BCUT2D eigenvalue weighted by Crippen LogP contribution is -2.42. The lowest BCUT2D eigenvalue weighted by atomic mass is 9.77. The molecule has 0 aliphatic heterocycles. The Morgan fingerprint density at radius 2 is 1.39 bits per heavy atom. The second kappa shape index (κ2) is 10.3. The third-order valence-corrected chi connectivity index (χ3v) is 5.91. The first-order valence-electron chi connectivity index (χ1n) is 11.4. The molecule has 1 heterocycles. The Bertz CT molecular complexity index is 1060. The highest BCUT2D eigenvalue weighted by atomic mass is 16.2. The molecule has 4 rings (SSSR count). The number of rotatable bonds is 9. The number of nitrogens with one attached hydrogen (secondary N) is 1. The first-order chi connectivity index (χ1) is 16.2. The molecule has 33 heavy (non-hydrogen) atoms. The maximum absolute atomic E-state index is 12.3. The van der Waals surface area contributed by atoms with Gasteiger partial charge in [0.15, 0.2) is 0 Å². The minimum atomic E-state index is -0.639. The van der Waals surface area contributed by atoms with Gasteiger partial charge in [-0.3, -0.25) is 4.79 Å². The smallest absolute Gasteiger partial charge is 0.237 e. The third-order valence-electron chi connectivity index (χ3n) is 5.91. The SMILES string of the molecule is CCCNC(=O)C(N)Cc1cn(C(c2ccccc2)(c2ccccc2)c2ccccc2)cn1. The van der Waals surface area contributed by atoms with Crippen molar-refractivity contribution < 1.29 is 4.79 Å². The fraction of sp³-hybridized carbons (Fsp3) is 0.214. The number of nitrogens with zero attached hydrogens (tertiary/aromatic N) is 2. The molecule has 3 N–H and O–H groups in total. The molecule has 3 aromatic carbocycles. The van der Waals surface area contributed by atoms with Crippen LogP contribution < -0.4 is 11.1 Å². The number of nitrogens with two attached hydrogens (primary N) is 1. The van der Waals surface area contributed by atoms with E-state index in [1.165, 1.54) is 0 Å². The van der Waals surface area contributed by atoms with Crippen LogP contribution in [0.15, 0.2) is 104 Å². The number of hydrogen-bond acceptors (Lipinski definition) is 3. The molecular weight excluding hydrogens is 408 g/mol. The van der Waals surface area contributed by atoms with E-state index in [0.29, 0.717) is 13.0 Å². The van der Waals surface area contributed by atoms with Gasteiger partial charge >= 0.3 is 0 Å². The van der Waals surface area contributed by atoms with E-state index in [1.54, 1.807) is 0 Å². The molecule has 0 saturated heterocycles. The Morgan fingerprint density at radius 3 is 1.85 bits per heavy atom. The molecule has 4 aromatic rings. The summed E-state index contributed by atoms with van der Waals surface area (Å²) < 4.78 is 2.14. The first-order valence-corrected chi connectivity index (χ1v) is 11.4. The highest BCUT2D eigenvalue weighted by molar-refractivity contribution is 5.81. The number of benzene rings is 3. The van der Waals surface area contributed by atoms with E-state index in [2.05, 4.69) is 87.7 Å². The van der Waals surface area contributed by atoms with Gasteiger partial charge in [0.1, 0.15) is 5.54 Å². The number of hydrogen-bond donors (Lipinski definition) is 2. The number of carbonyl (C=O) groups is 1. The minimum Gasteiger partial charge on any atom is -0.355 e. The summed E-state index contributed by atoms with van der Waals surface area (Å²) in [6.07, 6.45) is 5.11. The number of carbonyl (C=O) groups excluding carboxylic acids is 1. The third kappa shape index (κ3) is 4.59. The summed E-state index contributed by atoms with van der Waals surface area (Å²) >= 11 is 0. The molecule has 0 spiro atoms. The van der Waals surface area contributed by atoms with Crippen molar-refractivity contribution in [3.05, 3.63) is 126 Å². The van der Waals surface area contributed by atoms with Gasteiger partial charge in [-0.2, -0.15) is 0 Å². The molecule has 0 radical (unpaired) electrons. The van der Waals surface area contributed by atoms with E-state index in [4.69, 9.17) is 5.73 Å². The summed E-state index contributed by atoms with van der Waals surface area (Å²) in [6, 6.07) is 30.6. The molecular formula is C28H30N4O. The number of imidazole rings is 1. The fourth-order valence-corrected chi connectivity index (χ4v) is 4.33. The molecule has 168 valence electrons. The molecule has 0 bridgehead atoms. The molecule has 1 amide bonds. The second-order valence-corrected chi connectivity index (χ2v) is 8.18. The first kappa shape index (κ1) is 22.5. The van der Waals surface area contributed by atoms with Gasteiger partial charge in [0.2, 0.25) is 5.91 Å². The van der Waals surface area contributed by atoms with Crippen molar-refractivity contribution in [2.45, 2.75) is 31.3 Å². The highest BCUT2D eigenvalue weighted by Crippen LogP contribution is 2.40. The molecule has 0 aliphatic rings. The second-order valence-electron chi connectivity index (χ2n) is 8.18. The maximum atomic E-state index is 12.3. The largest absolute Gasteiger partial charge is 0.355 e. The average Bonchev–Trinajstić information content (AvgIpc) is 3.33. The van der Waals surface area contributed by atoms with Crippen molar-refractivity contribution in [3.63, 3.8) is 0 Å². The Hall–Kier alpha value is -3.70. The normalized spacial score (nSPS) is 12.3. The van der Waals surface area contributed by atoms with E-state index in [9.17, 15) is 4.79 Å². The zero-order chi connectivity index (χ0) is 23.1. The fourth-order valence-electron chi connectivity index (χ4n) is 4.33. The monoisotopic (exact) mass is 438 g/mol. The van der Waals surface area contributed by atoms with Gasteiger partial charge in [-0.05, 0) is 23.1 Å². The Labute approximate surface area is 195 Å². The summed E-state index contributed by atoms with van der Waals surface area (Å²) in [5, 5.41) is 2.87. The van der Waals surface area contributed by atoms with E-state index < -0.39 is 11.6 Å². The van der Waals surface area contributed by atoms with Crippen molar-refractivity contribution in [1.29, 1.82) is 0 Å². The van der Waals surface area contributed by atoms with Crippen molar-refractivity contribution in [1.82, 2.24) is 14.9 Å². The Morgan fingerprint density at radius 1 is 0.909 bits per heavy atom. The molecule has 5 nitrogen and oxygen atoms in total. The van der Waals surface area contributed by atoms with Crippen LogP contribution in [-0.2, 0) is 16.8 Å². The van der Waals surface area contributed by atoms with Gasteiger partial charge in [0, 0.05) is 19.2 Å². The molecule has 0 aliphatic carbocycles. The van der Waals surface area contributed by atoms with Crippen LogP contribution in [0.25, 0.3) is 0 Å². The molecule has 5 heteroatoms.